The van der Waals surface area contributed by atoms with Crippen LogP contribution in [0.3, 0.4) is 0 Å². The molecule has 2 heterocycles. The van der Waals surface area contributed by atoms with Crippen molar-refractivity contribution in [3.63, 3.8) is 0 Å². The summed E-state index contributed by atoms with van der Waals surface area (Å²) in [6.07, 6.45) is 4.31. The number of hydrogen-bond donors (Lipinski definition) is 1. The Morgan fingerprint density at radius 3 is 2.79 bits per heavy atom. The summed E-state index contributed by atoms with van der Waals surface area (Å²) in [5.41, 5.74) is 0.406. The SMILES string of the molecule is O=C(/C=C/c1ccnc2c(O)ccc([N+](=O)[O-])c12)N1CCOCC1. The van der Waals surface area contributed by atoms with Crippen LogP contribution in [0.4, 0.5) is 5.69 Å². The van der Waals surface area contributed by atoms with Gasteiger partial charge in [-0.15, -0.1) is 0 Å². The molecule has 0 bridgehead atoms. The zero-order valence-corrected chi connectivity index (χ0v) is 12.7. The van der Waals surface area contributed by atoms with Gasteiger partial charge in [-0.3, -0.25) is 19.9 Å². The van der Waals surface area contributed by atoms with E-state index in [0.717, 1.165) is 0 Å². The first-order valence-electron chi connectivity index (χ1n) is 7.38. The number of aromatic nitrogens is 1. The molecule has 0 spiro atoms. The van der Waals surface area contributed by atoms with E-state index in [0.29, 0.717) is 31.9 Å². The van der Waals surface area contributed by atoms with Gasteiger partial charge in [-0.2, -0.15) is 0 Å². The van der Waals surface area contributed by atoms with Gasteiger partial charge in [0, 0.05) is 31.4 Å². The summed E-state index contributed by atoms with van der Waals surface area (Å²) in [6.45, 7) is 2.02. The first kappa shape index (κ1) is 15.9. The molecule has 3 rings (SSSR count). The van der Waals surface area contributed by atoms with Crippen LogP contribution < -0.4 is 0 Å². The quantitative estimate of drug-likeness (QED) is 0.522. The van der Waals surface area contributed by atoms with Gasteiger partial charge in [-0.05, 0) is 23.8 Å². The molecule has 0 atom stereocenters. The fourth-order valence-corrected chi connectivity index (χ4v) is 2.60. The number of nitro groups is 1. The highest BCUT2D eigenvalue weighted by Crippen LogP contribution is 2.33. The third-order valence-electron chi connectivity index (χ3n) is 3.81. The number of carbonyl (C=O) groups is 1. The summed E-state index contributed by atoms with van der Waals surface area (Å²) in [6, 6.07) is 4.03. The molecule has 1 fully saturated rings. The Morgan fingerprint density at radius 2 is 2.08 bits per heavy atom. The average Bonchev–Trinajstić information content (AvgIpc) is 2.60. The second-order valence-electron chi connectivity index (χ2n) is 5.26. The first-order valence-corrected chi connectivity index (χ1v) is 7.38. The third kappa shape index (κ3) is 3.04. The molecule has 1 aromatic heterocycles. The fourth-order valence-electron chi connectivity index (χ4n) is 2.60. The van der Waals surface area contributed by atoms with E-state index >= 15 is 0 Å². The lowest BCUT2D eigenvalue weighted by Gasteiger charge is -2.25. The maximum Gasteiger partial charge on any atom is 0.279 e. The Morgan fingerprint density at radius 1 is 1.33 bits per heavy atom. The minimum atomic E-state index is -0.537. The summed E-state index contributed by atoms with van der Waals surface area (Å²) >= 11 is 0. The molecule has 1 saturated heterocycles. The molecule has 1 aliphatic heterocycles. The molecule has 8 heteroatoms. The van der Waals surface area contributed by atoms with Gasteiger partial charge in [0.15, 0.2) is 0 Å². The number of morpholine rings is 1. The van der Waals surface area contributed by atoms with Crippen LogP contribution in [0, 0.1) is 10.1 Å². The number of phenolic OH excluding ortho intramolecular Hbond substituents is 1. The normalized spacial score (nSPS) is 15.1. The first-order chi connectivity index (χ1) is 11.6. The molecule has 1 N–H and O–H groups in total. The smallest absolute Gasteiger partial charge is 0.279 e. The number of aromatic hydroxyl groups is 1. The molecule has 24 heavy (non-hydrogen) atoms. The second kappa shape index (κ2) is 6.63. The summed E-state index contributed by atoms with van der Waals surface area (Å²) in [5, 5.41) is 21.3. The van der Waals surface area contributed by atoms with Crippen molar-refractivity contribution in [2.75, 3.05) is 26.3 Å². The van der Waals surface area contributed by atoms with Crippen molar-refractivity contribution >= 4 is 28.6 Å². The fraction of sp³-hybridized carbons (Fsp3) is 0.250. The molecule has 0 aliphatic carbocycles. The monoisotopic (exact) mass is 329 g/mol. The zero-order chi connectivity index (χ0) is 17.1. The van der Waals surface area contributed by atoms with Crippen molar-refractivity contribution in [3.05, 3.63) is 46.1 Å². The molecule has 0 radical (unpaired) electrons. The van der Waals surface area contributed by atoms with Crippen LogP contribution in [0.1, 0.15) is 5.56 Å². The van der Waals surface area contributed by atoms with Crippen LogP contribution in [0.2, 0.25) is 0 Å². The lowest BCUT2D eigenvalue weighted by atomic mass is 10.1. The number of rotatable bonds is 3. The number of benzene rings is 1. The van der Waals surface area contributed by atoms with Gasteiger partial charge < -0.3 is 14.7 Å². The summed E-state index contributed by atoms with van der Waals surface area (Å²) in [7, 11) is 0. The standard InChI is InChI=1S/C16H15N3O5/c20-13-3-2-12(19(22)23)15-11(5-6-17-16(13)15)1-4-14(21)18-7-9-24-10-8-18/h1-6,20H,7-10H2/b4-1+. The Kier molecular flexibility index (Phi) is 4.39. The van der Waals surface area contributed by atoms with E-state index in [1.165, 1.54) is 30.5 Å². The van der Waals surface area contributed by atoms with E-state index in [4.69, 9.17) is 4.74 Å². The molecular formula is C16H15N3O5. The Bertz CT molecular complexity index is 828. The van der Waals surface area contributed by atoms with Gasteiger partial charge in [-0.1, -0.05) is 0 Å². The lowest BCUT2D eigenvalue weighted by Crippen LogP contribution is -2.39. The van der Waals surface area contributed by atoms with Crippen LogP contribution in [-0.4, -0.2) is 52.1 Å². The van der Waals surface area contributed by atoms with E-state index in [9.17, 15) is 20.0 Å². The second-order valence-corrected chi connectivity index (χ2v) is 5.26. The molecular weight excluding hydrogens is 314 g/mol. The van der Waals surface area contributed by atoms with E-state index in [2.05, 4.69) is 4.98 Å². The Hall–Kier alpha value is -3.00. The largest absolute Gasteiger partial charge is 0.506 e. The predicted octanol–water partition coefficient (Wildman–Crippen LogP) is 1.72. The molecule has 1 aromatic carbocycles. The summed E-state index contributed by atoms with van der Waals surface area (Å²) < 4.78 is 5.20. The highest BCUT2D eigenvalue weighted by Gasteiger charge is 2.18. The molecule has 0 saturated carbocycles. The average molecular weight is 329 g/mol. The van der Waals surface area contributed by atoms with Crippen molar-refractivity contribution < 1.29 is 19.6 Å². The number of nitro benzene ring substituents is 1. The summed E-state index contributed by atoms with van der Waals surface area (Å²) in [4.78, 5) is 28.5. The molecule has 8 nitrogen and oxygen atoms in total. The highest BCUT2D eigenvalue weighted by atomic mass is 16.6. The van der Waals surface area contributed by atoms with E-state index < -0.39 is 4.92 Å². The number of carbonyl (C=O) groups excluding carboxylic acids is 1. The third-order valence-corrected chi connectivity index (χ3v) is 3.81. The van der Waals surface area contributed by atoms with Gasteiger partial charge in [0.05, 0.1) is 23.5 Å². The van der Waals surface area contributed by atoms with Crippen LogP contribution in [-0.2, 0) is 9.53 Å². The van der Waals surface area contributed by atoms with Crippen molar-refractivity contribution in [2.45, 2.75) is 0 Å². The van der Waals surface area contributed by atoms with Crippen LogP contribution in [0.5, 0.6) is 5.75 Å². The minimum absolute atomic E-state index is 0.130. The molecule has 1 aliphatic rings. The van der Waals surface area contributed by atoms with Crippen molar-refractivity contribution in [1.82, 2.24) is 9.88 Å². The van der Waals surface area contributed by atoms with Crippen molar-refractivity contribution in [3.8, 4) is 5.75 Å². The number of nitrogens with zero attached hydrogens (tertiary/aromatic N) is 3. The van der Waals surface area contributed by atoms with Gasteiger partial charge in [0.1, 0.15) is 11.3 Å². The number of amides is 1. The predicted molar refractivity (Wildman–Crippen MR) is 86.5 cm³/mol. The zero-order valence-electron chi connectivity index (χ0n) is 12.7. The number of fused-ring (bicyclic) bond motifs is 1. The number of non-ortho nitro benzene ring substituents is 1. The Labute approximate surface area is 137 Å². The molecule has 1 amide bonds. The molecule has 2 aromatic rings. The maximum absolute atomic E-state index is 12.2. The minimum Gasteiger partial charge on any atom is -0.506 e. The van der Waals surface area contributed by atoms with Crippen LogP contribution in [0.25, 0.3) is 17.0 Å². The van der Waals surface area contributed by atoms with E-state index in [-0.39, 0.29) is 28.2 Å². The van der Waals surface area contributed by atoms with Gasteiger partial charge in [0.2, 0.25) is 5.91 Å². The lowest BCUT2D eigenvalue weighted by molar-refractivity contribution is -0.383. The topological polar surface area (TPSA) is 106 Å². The van der Waals surface area contributed by atoms with Crippen LogP contribution in [0.15, 0.2) is 30.5 Å². The highest BCUT2D eigenvalue weighted by molar-refractivity contribution is 6.01. The molecule has 0 unspecified atom stereocenters. The number of hydrogen-bond acceptors (Lipinski definition) is 6. The van der Waals surface area contributed by atoms with Crippen LogP contribution >= 0.6 is 0 Å². The van der Waals surface area contributed by atoms with Crippen molar-refractivity contribution in [2.24, 2.45) is 0 Å². The number of pyridine rings is 1. The Balaban J connectivity index is 2.00. The van der Waals surface area contributed by atoms with Gasteiger partial charge >= 0.3 is 0 Å². The van der Waals surface area contributed by atoms with E-state index in [1.807, 2.05) is 0 Å². The van der Waals surface area contributed by atoms with Gasteiger partial charge in [0.25, 0.3) is 5.69 Å². The summed E-state index contributed by atoms with van der Waals surface area (Å²) in [5.74, 6) is -0.337. The van der Waals surface area contributed by atoms with Crippen molar-refractivity contribution in [1.29, 1.82) is 0 Å². The van der Waals surface area contributed by atoms with Gasteiger partial charge in [-0.25, -0.2) is 0 Å². The van der Waals surface area contributed by atoms with E-state index in [1.54, 1.807) is 11.0 Å². The molecule has 124 valence electrons. The number of phenols is 1. The number of ether oxygens (including phenoxy) is 1. The maximum atomic E-state index is 12.2.